The van der Waals surface area contributed by atoms with E-state index in [-0.39, 0.29) is 37.1 Å². The van der Waals surface area contributed by atoms with Crippen LogP contribution in [-0.4, -0.2) is 47.7 Å². The number of rotatable bonds is 4. The van der Waals surface area contributed by atoms with Crippen molar-refractivity contribution >= 4 is 40.8 Å². The second-order valence-corrected chi connectivity index (χ2v) is 9.09. The van der Waals surface area contributed by atoms with E-state index in [1.54, 1.807) is 47.4 Å². The Balaban J connectivity index is 1.35. The number of nitrogens with zero attached hydrogens (tertiary/aromatic N) is 1. The van der Waals surface area contributed by atoms with Crippen molar-refractivity contribution in [2.24, 2.45) is 0 Å². The summed E-state index contributed by atoms with van der Waals surface area (Å²) in [5.41, 5.74) is 1.05. The summed E-state index contributed by atoms with van der Waals surface area (Å²) < 4.78 is 10.6. The van der Waals surface area contributed by atoms with Gasteiger partial charge in [0.2, 0.25) is 18.6 Å². The van der Waals surface area contributed by atoms with Gasteiger partial charge in [-0.1, -0.05) is 30.5 Å². The second-order valence-electron chi connectivity index (χ2n) is 8.65. The van der Waals surface area contributed by atoms with Crippen molar-refractivity contribution in [1.82, 2.24) is 10.2 Å². The topological polar surface area (TPSA) is 109 Å². The molecule has 9 nitrogen and oxygen atoms in total. The fraction of sp³-hybridized carbons (Fsp3) is 0.375. The number of halogens is 1. The molecule has 1 saturated carbocycles. The van der Waals surface area contributed by atoms with Gasteiger partial charge in [0.25, 0.3) is 0 Å². The summed E-state index contributed by atoms with van der Waals surface area (Å²) in [6, 6.07) is 10.2. The van der Waals surface area contributed by atoms with Crippen molar-refractivity contribution in [3.63, 3.8) is 0 Å². The van der Waals surface area contributed by atoms with Gasteiger partial charge in [-0.15, -0.1) is 0 Å². The van der Waals surface area contributed by atoms with E-state index in [4.69, 9.17) is 21.1 Å². The number of fused-ring (bicyclic) bond motifs is 2. The Hall–Kier alpha value is -3.46. The van der Waals surface area contributed by atoms with E-state index in [0.29, 0.717) is 27.9 Å². The van der Waals surface area contributed by atoms with Crippen molar-refractivity contribution < 1.29 is 23.9 Å². The molecule has 178 valence electrons. The maximum atomic E-state index is 13.4. The van der Waals surface area contributed by atoms with Crippen molar-refractivity contribution in [1.29, 1.82) is 0 Å². The number of benzene rings is 2. The number of amides is 4. The van der Waals surface area contributed by atoms with Crippen LogP contribution in [0.5, 0.6) is 11.5 Å². The van der Waals surface area contributed by atoms with Gasteiger partial charge in [-0.3, -0.25) is 9.59 Å². The van der Waals surface area contributed by atoms with Crippen molar-refractivity contribution in [3.05, 3.63) is 47.5 Å². The molecule has 2 heterocycles. The van der Waals surface area contributed by atoms with Gasteiger partial charge in [-0.25, -0.2) is 4.79 Å². The molecule has 2 aromatic carbocycles. The fourth-order valence-corrected chi connectivity index (χ4v) is 5.04. The third-order valence-corrected chi connectivity index (χ3v) is 6.63. The number of anilines is 2. The van der Waals surface area contributed by atoms with E-state index in [1.165, 1.54) is 0 Å². The molecule has 1 saturated heterocycles. The van der Waals surface area contributed by atoms with Gasteiger partial charge in [0.15, 0.2) is 11.5 Å². The van der Waals surface area contributed by atoms with Crippen LogP contribution in [0.2, 0.25) is 5.02 Å². The molecule has 3 atom stereocenters. The Morgan fingerprint density at radius 2 is 1.82 bits per heavy atom. The summed E-state index contributed by atoms with van der Waals surface area (Å²) in [5.74, 6) is 0.441. The Labute approximate surface area is 201 Å². The predicted octanol–water partition coefficient (Wildman–Crippen LogP) is 3.74. The zero-order valence-electron chi connectivity index (χ0n) is 18.4. The zero-order chi connectivity index (χ0) is 23.7. The first kappa shape index (κ1) is 22.3. The van der Waals surface area contributed by atoms with Crippen LogP contribution < -0.4 is 25.4 Å². The first-order valence-corrected chi connectivity index (χ1v) is 11.7. The van der Waals surface area contributed by atoms with Crippen LogP contribution in [0.15, 0.2) is 42.5 Å². The lowest BCUT2D eigenvalue weighted by atomic mass is 9.85. The Morgan fingerprint density at radius 3 is 2.68 bits per heavy atom. The molecule has 0 bridgehead atoms. The van der Waals surface area contributed by atoms with Gasteiger partial charge in [0, 0.05) is 28.5 Å². The number of hydrogen-bond donors (Lipinski definition) is 3. The van der Waals surface area contributed by atoms with Crippen LogP contribution in [0, 0.1) is 0 Å². The molecule has 0 radical (unpaired) electrons. The van der Waals surface area contributed by atoms with Crippen LogP contribution in [0.3, 0.4) is 0 Å². The summed E-state index contributed by atoms with van der Waals surface area (Å²) in [6.07, 6.45) is 3.32. The molecule has 3 unspecified atom stereocenters. The monoisotopic (exact) mass is 484 g/mol. The molecule has 4 amide bonds. The third kappa shape index (κ3) is 4.61. The normalized spacial score (nSPS) is 23.0. The maximum absolute atomic E-state index is 13.4. The predicted molar refractivity (Wildman–Crippen MR) is 126 cm³/mol. The molecule has 34 heavy (non-hydrogen) atoms. The highest BCUT2D eigenvalue weighted by Gasteiger charge is 2.46. The van der Waals surface area contributed by atoms with Crippen LogP contribution >= 0.6 is 11.6 Å². The average Bonchev–Trinajstić information content (AvgIpc) is 3.27. The zero-order valence-corrected chi connectivity index (χ0v) is 19.1. The fourth-order valence-electron chi connectivity index (χ4n) is 4.85. The Bertz CT molecular complexity index is 1130. The third-order valence-electron chi connectivity index (χ3n) is 6.40. The minimum atomic E-state index is -0.937. The van der Waals surface area contributed by atoms with Crippen LogP contribution in [-0.2, 0) is 9.59 Å². The van der Waals surface area contributed by atoms with Crippen molar-refractivity contribution in [2.45, 2.75) is 50.2 Å². The summed E-state index contributed by atoms with van der Waals surface area (Å²) >= 11 is 6.06. The molecule has 2 aromatic rings. The van der Waals surface area contributed by atoms with Gasteiger partial charge in [0.05, 0.1) is 12.5 Å². The summed E-state index contributed by atoms with van der Waals surface area (Å²) in [5, 5.41) is 9.17. The average molecular weight is 485 g/mol. The first-order chi connectivity index (χ1) is 16.5. The number of carbonyl (C=O) groups is 3. The molecular weight excluding hydrogens is 460 g/mol. The molecule has 2 fully saturated rings. The minimum absolute atomic E-state index is 0.125. The first-order valence-electron chi connectivity index (χ1n) is 11.3. The highest BCUT2D eigenvalue weighted by molar-refractivity contribution is 6.30. The maximum Gasteiger partial charge on any atom is 0.322 e. The number of carbonyl (C=O) groups excluding carboxylic acids is 3. The van der Waals surface area contributed by atoms with E-state index in [0.717, 1.165) is 25.7 Å². The lowest BCUT2D eigenvalue weighted by Crippen LogP contribution is -2.68. The van der Waals surface area contributed by atoms with Gasteiger partial charge >= 0.3 is 6.03 Å². The molecule has 1 aliphatic carbocycles. The van der Waals surface area contributed by atoms with Crippen LogP contribution in [0.1, 0.15) is 32.1 Å². The van der Waals surface area contributed by atoms with E-state index < -0.39 is 12.1 Å². The summed E-state index contributed by atoms with van der Waals surface area (Å²) in [4.78, 5) is 40.9. The number of piperazine rings is 1. The van der Waals surface area contributed by atoms with Crippen molar-refractivity contribution in [2.75, 3.05) is 17.4 Å². The molecule has 3 aliphatic rings. The standard InChI is InChI=1S/C24H25ClN4O5/c25-14-4-3-5-15(10-14)27-24(32)29-18-7-2-1-6-17(18)28-23(31)19(29)12-22(30)26-16-8-9-20-21(11-16)34-13-33-20/h3-5,8-11,17-19H,1-2,6-7,12-13H2,(H,26,30)(H,27,32)(H,28,31). The number of nitrogens with one attached hydrogen (secondary N) is 3. The molecule has 5 rings (SSSR count). The molecule has 2 aliphatic heterocycles. The quantitative estimate of drug-likeness (QED) is 0.612. The molecule has 0 spiro atoms. The smallest absolute Gasteiger partial charge is 0.322 e. The Kier molecular flexibility index (Phi) is 6.19. The van der Waals surface area contributed by atoms with Crippen LogP contribution in [0.25, 0.3) is 0 Å². The van der Waals surface area contributed by atoms with Gasteiger partial charge in [-0.2, -0.15) is 0 Å². The molecule has 3 N–H and O–H groups in total. The van der Waals surface area contributed by atoms with E-state index in [9.17, 15) is 14.4 Å². The van der Waals surface area contributed by atoms with E-state index in [2.05, 4.69) is 16.0 Å². The largest absolute Gasteiger partial charge is 0.454 e. The number of ether oxygens (including phenoxy) is 2. The van der Waals surface area contributed by atoms with Gasteiger partial charge < -0.3 is 30.3 Å². The molecule has 10 heteroatoms. The number of urea groups is 1. The van der Waals surface area contributed by atoms with E-state index >= 15 is 0 Å². The minimum Gasteiger partial charge on any atom is -0.454 e. The summed E-state index contributed by atoms with van der Waals surface area (Å²) in [6.45, 7) is 0.133. The van der Waals surface area contributed by atoms with Gasteiger partial charge in [-0.05, 0) is 43.2 Å². The highest BCUT2D eigenvalue weighted by Crippen LogP contribution is 2.35. The lowest BCUT2D eigenvalue weighted by molar-refractivity contribution is -0.135. The number of hydrogen-bond acceptors (Lipinski definition) is 5. The Morgan fingerprint density at radius 1 is 1.03 bits per heavy atom. The highest BCUT2D eigenvalue weighted by atomic mass is 35.5. The van der Waals surface area contributed by atoms with Crippen molar-refractivity contribution in [3.8, 4) is 11.5 Å². The molecular formula is C24H25ClN4O5. The summed E-state index contributed by atoms with van der Waals surface area (Å²) in [7, 11) is 0. The molecule has 0 aromatic heterocycles. The SMILES string of the molecule is O=C(CC1C(=O)NC2CCCCC2N1C(=O)Nc1cccc(Cl)c1)Nc1ccc2c(c1)OCO2. The van der Waals surface area contributed by atoms with Gasteiger partial charge in [0.1, 0.15) is 6.04 Å². The lowest BCUT2D eigenvalue weighted by Gasteiger charge is -2.47. The van der Waals surface area contributed by atoms with Crippen LogP contribution in [0.4, 0.5) is 16.2 Å². The van der Waals surface area contributed by atoms with E-state index in [1.807, 2.05) is 0 Å². The second kappa shape index (κ2) is 9.42.